The first-order valence-corrected chi connectivity index (χ1v) is 6.15. The van der Waals surface area contributed by atoms with E-state index in [1.165, 1.54) is 35.5 Å². The fourth-order valence-corrected chi connectivity index (χ4v) is 2.44. The van der Waals surface area contributed by atoms with Gasteiger partial charge in [-0.05, 0) is 56.9 Å². The van der Waals surface area contributed by atoms with Crippen LogP contribution in [0, 0.1) is 13.8 Å². The molecule has 1 aliphatic carbocycles. The highest BCUT2D eigenvalue weighted by Gasteiger charge is 2.12. The van der Waals surface area contributed by atoms with Crippen LogP contribution in [0.15, 0.2) is 24.3 Å². The Morgan fingerprint density at radius 2 is 1.82 bits per heavy atom. The molecule has 1 aliphatic rings. The fourth-order valence-electron chi connectivity index (χ4n) is 2.44. The van der Waals surface area contributed by atoms with Crippen molar-refractivity contribution in [2.24, 2.45) is 0 Å². The van der Waals surface area contributed by atoms with Crippen LogP contribution in [0.25, 0.3) is 0 Å². The van der Waals surface area contributed by atoms with Gasteiger partial charge in [-0.15, -0.1) is 0 Å². The second-order valence-corrected chi connectivity index (χ2v) is 4.72. The van der Waals surface area contributed by atoms with Crippen molar-refractivity contribution in [3.05, 3.63) is 46.9 Å². The highest BCUT2D eigenvalue weighted by atomic mass is 15.4. The van der Waals surface area contributed by atoms with Crippen LogP contribution >= 0.6 is 0 Å². The summed E-state index contributed by atoms with van der Waals surface area (Å²) in [6, 6.07) is 8.49. The standard InChI is InChI=1S/C14H17N3/c1-10-6-7-11(2)17(10)16-14-9-8-12-4-3-5-13(12)15-14/h6-9H,3-5H2,1-2H3,(H,15,16). The Morgan fingerprint density at radius 3 is 2.59 bits per heavy atom. The first-order chi connectivity index (χ1) is 8.24. The Hall–Kier alpha value is -1.77. The van der Waals surface area contributed by atoms with E-state index in [0.29, 0.717) is 0 Å². The monoisotopic (exact) mass is 227 g/mol. The topological polar surface area (TPSA) is 29.9 Å². The summed E-state index contributed by atoms with van der Waals surface area (Å²) in [4.78, 5) is 4.68. The van der Waals surface area contributed by atoms with Crippen LogP contribution in [0.4, 0.5) is 5.82 Å². The quantitative estimate of drug-likeness (QED) is 0.855. The molecule has 88 valence electrons. The molecule has 3 rings (SSSR count). The van der Waals surface area contributed by atoms with E-state index in [1.807, 2.05) is 0 Å². The van der Waals surface area contributed by atoms with Crippen molar-refractivity contribution in [2.45, 2.75) is 33.1 Å². The van der Waals surface area contributed by atoms with E-state index < -0.39 is 0 Å². The van der Waals surface area contributed by atoms with Gasteiger partial charge in [0.2, 0.25) is 0 Å². The van der Waals surface area contributed by atoms with Crippen molar-refractivity contribution in [1.82, 2.24) is 9.66 Å². The summed E-state index contributed by atoms with van der Waals surface area (Å²) in [5, 5.41) is 0. The van der Waals surface area contributed by atoms with E-state index in [-0.39, 0.29) is 0 Å². The molecule has 0 atom stereocenters. The fraction of sp³-hybridized carbons (Fsp3) is 0.357. The Bertz CT molecular complexity index is 535. The molecule has 0 unspecified atom stereocenters. The first kappa shape index (κ1) is 10.4. The summed E-state index contributed by atoms with van der Waals surface area (Å²) >= 11 is 0. The Kier molecular flexibility index (Phi) is 2.39. The van der Waals surface area contributed by atoms with Crippen molar-refractivity contribution < 1.29 is 0 Å². The maximum atomic E-state index is 4.68. The lowest BCUT2D eigenvalue weighted by Crippen LogP contribution is -2.13. The van der Waals surface area contributed by atoms with Gasteiger partial charge >= 0.3 is 0 Å². The van der Waals surface area contributed by atoms with E-state index in [0.717, 1.165) is 12.2 Å². The van der Waals surface area contributed by atoms with Crippen LogP contribution in [-0.2, 0) is 12.8 Å². The molecule has 1 N–H and O–H groups in total. The van der Waals surface area contributed by atoms with Gasteiger partial charge in [-0.3, -0.25) is 10.1 Å². The lowest BCUT2D eigenvalue weighted by molar-refractivity contribution is 0.862. The minimum atomic E-state index is 0.938. The average molecular weight is 227 g/mol. The molecule has 0 bridgehead atoms. The molecule has 2 aromatic heterocycles. The molecular formula is C14H17N3. The Balaban J connectivity index is 1.91. The normalized spacial score (nSPS) is 13.8. The van der Waals surface area contributed by atoms with E-state index in [2.05, 4.69) is 53.2 Å². The summed E-state index contributed by atoms with van der Waals surface area (Å²) in [6.45, 7) is 4.18. The number of nitrogens with zero attached hydrogens (tertiary/aromatic N) is 2. The maximum Gasteiger partial charge on any atom is 0.145 e. The van der Waals surface area contributed by atoms with Gasteiger partial charge in [0, 0.05) is 17.1 Å². The number of aromatic nitrogens is 2. The number of hydrogen-bond donors (Lipinski definition) is 1. The summed E-state index contributed by atoms with van der Waals surface area (Å²) in [7, 11) is 0. The SMILES string of the molecule is Cc1ccc(C)n1Nc1ccc2c(n1)CCC2. The number of hydrogen-bond acceptors (Lipinski definition) is 2. The number of pyridine rings is 1. The summed E-state index contributed by atoms with van der Waals surface area (Å²) in [6.07, 6.45) is 3.55. The van der Waals surface area contributed by atoms with Gasteiger partial charge in [-0.2, -0.15) is 0 Å². The van der Waals surface area contributed by atoms with Gasteiger partial charge in [-0.1, -0.05) is 6.07 Å². The van der Waals surface area contributed by atoms with Crippen LogP contribution in [0.5, 0.6) is 0 Å². The highest BCUT2D eigenvalue weighted by molar-refractivity contribution is 5.41. The molecule has 17 heavy (non-hydrogen) atoms. The van der Waals surface area contributed by atoms with Gasteiger partial charge in [-0.25, -0.2) is 4.98 Å². The molecule has 0 aromatic carbocycles. The highest BCUT2D eigenvalue weighted by Crippen LogP contribution is 2.22. The number of fused-ring (bicyclic) bond motifs is 1. The number of nitrogens with one attached hydrogen (secondary N) is 1. The molecule has 2 aromatic rings. The molecule has 0 spiro atoms. The van der Waals surface area contributed by atoms with Crippen LogP contribution in [-0.4, -0.2) is 9.66 Å². The lowest BCUT2D eigenvalue weighted by Gasteiger charge is -2.12. The third-order valence-corrected chi connectivity index (χ3v) is 3.43. The molecule has 3 nitrogen and oxygen atoms in total. The summed E-state index contributed by atoms with van der Waals surface area (Å²) in [5.41, 5.74) is 8.43. The minimum Gasteiger partial charge on any atom is -0.278 e. The molecule has 3 heteroatoms. The largest absolute Gasteiger partial charge is 0.278 e. The third kappa shape index (κ3) is 1.82. The van der Waals surface area contributed by atoms with Crippen molar-refractivity contribution in [2.75, 3.05) is 5.43 Å². The molecule has 0 saturated heterocycles. The lowest BCUT2D eigenvalue weighted by atomic mass is 10.2. The zero-order valence-electron chi connectivity index (χ0n) is 10.3. The van der Waals surface area contributed by atoms with Crippen LogP contribution in [0.2, 0.25) is 0 Å². The first-order valence-electron chi connectivity index (χ1n) is 6.15. The van der Waals surface area contributed by atoms with Crippen molar-refractivity contribution >= 4 is 5.82 Å². The van der Waals surface area contributed by atoms with E-state index in [1.54, 1.807) is 0 Å². The minimum absolute atomic E-state index is 0.938. The van der Waals surface area contributed by atoms with Crippen molar-refractivity contribution in [1.29, 1.82) is 0 Å². The van der Waals surface area contributed by atoms with Crippen LogP contribution in [0.3, 0.4) is 0 Å². The van der Waals surface area contributed by atoms with Crippen LogP contribution < -0.4 is 5.43 Å². The predicted molar refractivity (Wildman–Crippen MR) is 69.2 cm³/mol. The van der Waals surface area contributed by atoms with Gasteiger partial charge < -0.3 is 0 Å². The Morgan fingerprint density at radius 1 is 1.06 bits per heavy atom. The van der Waals surface area contributed by atoms with E-state index in [4.69, 9.17) is 0 Å². The molecule has 0 amide bonds. The van der Waals surface area contributed by atoms with Crippen molar-refractivity contribution in [3.63, 3.8) is 0 Å². The number of anilines is 1. The second-order valence-electron chi connectivity index (χ2n) is 4.72. The predicted octanol–water partition coefficient (Wildman–Crippen LogP) is 2.86. The zero-order valence-corrected chi connectivity index (χ0v) is 10.3. The second kappa shape index (κ2) is 3.91. The van der Waals surface area contributed by atoms with Gasteiger partial charge in [0.1, 0.15) is 5.82 Å². The third-order valence-electron chi connectivity index (χ3n) is 3.43. The Labute approximate surface area is 101 Å². The number of rotatable bonds is 2. The number of aryl methyl sites for hydroxylation is 4. The summed E-state index contributed by atoms with van der Waals surface area (Å²) < 4.78 is 2.07. The average Bonchev–Trinajstić information content (AvgIpc) is 2.90. The molecular weight excluding hydrogens is 210 g/mol. The van der Waals surface area contributed by atoms with Crippen molar-refractivity contribution in [3.8, 4) is 0 Å². The molecule has 0 radical (unpaired) electrons. The van der Waals surface area contributed by atoms with Gasteiger partial charge in [0.15, 0.2) is 0 Å². The molecule has 0 saturated carbocycles. The molecule has 0 fully saturated rings. The summed E-state index contributed by atoms with van der Waals surface area (Å²) in [5.74, 6) is 0.938. The van der Waals surface area contributed by atoms with Crippen LogP contribution in [0.1, 0.15) is 29.1 Å². The smallest absolute Gasteiger partial charge is 0.145 e. The van der Waals surface area contributed by atoms with E-state index >= 15 is 0 Å². The zero-order chi connectivity index (χ0) is 11.8. The van der Waals surface area contributed by atoms with Gasteiger partial charge in [0.05, 0.1) is 0 Å². The van der Waals surface area contributed by atoms with E-state index in [9.17, 15) is 0 Å². The molecule has 0 aliphatic heterocycles. The molecule has 2 heterocycles. The maximum absolute atomic E-state index is 4.68. The van der Waals surface area contributed by atoms with Gasteiger partial charge in [0.25, 0.3) is 0 Å².